The lowest BCUT2D eigenvalue weighted by Crippen LogP contribution is -2.42. The molecule has 2 aliphatic rings. The van der Waals surface area contributed by atoms with Crippen molar-refractivity contribution in [1.82, 2.24) is 9.88 Å². The Kier molecular flexibility index (Phi) is 4.32. The van der Waals surface area contributed by atoms with E-state index in [2.05, 4.69) is 11.1 Å². The van der Waals surface area contributed by atoms with Crippen molar-refractivity contribution in [2.24, 2.45) is 5.92 Å². The summed E-state index contributed by atoms with van der Waals surface area (Å²) in [5, 5.41) is 9.22. The van der Waals surface area contributed by atoms with Crippen molar-refractivity contribution in [1.29, 1.82) is 0 Å². The number of aromatic nitrogens is 1. The zero-order chi connectivity index (χ0) is 18.1. The van der Waals surface area contributed by atoms with E-state index in [0.29, 0.717) is 31.6 Å². The van der Waals surface area contributed by atoms with Gasteiger partial charge in [-0.25, -0.2) is 0 Å². The number of likely N-dealkylation sites (tertiary alicyclic amines) is 1. The molecule has 1 aromatic heterocycles. The number of carboxylic acids is 1. The fraction of sp³-hybridized carbons (Fsp3) is 0.350. The number of hydrogen-bond acceptors (Lipinski definition) is 4. The molecule has 6 heteroatoms. The number of aliphatic carboxylic acids is 1. The number of ether oxygens (including phenoxy) is 1. The van der Waals surface area contributed by atoms with E-state index in [9.17, 15) is 14.7 Å². The molecular formula is C20H20N2O4. The van der Waals surface area contributed by atoms with Gasteiger partial charge in [0.15, 0.2) is 0 Å². The SMILES string of the molecule is O=C(O)C1CCCN(C(=O)c2cncc(-c3ccc4c(c3)CCO4)c2)C1. The summed E-state index contributed by atoms with van der Waals surface area (Å²) < 4.78 is 5.54. The Morgan fingerprint density at radius 1 is 1.19 bits per heavy atom. The second-order valence-electron chi connectivity index (χ2n) is 6.81. The molecule has 1 unspecified atom stereocenters. The van der Waals surface area contributed by atoms with Crippen molar-refractivity contribution in [2.45, 2.75) is 19.3 Å². The number of nitrogens with zero attached hydrogens (tertiary/aromatic N) is 2. The van der Waals surface area contributed by atoms with Crippen LogP contribution in [0.4, 0.5) is 0 Å². The number of fused-ring (bicyclic) bond motifs is 1. The molecule has 0 spiro atoms. The third-order valence-corrected chi connectivity index (χ3v) is 5.07. The van der Waals surface area contributed by atoms with E-state index < -0.39 is 11.9 Å². The van der Waals surface area contributed by atoms with Crippen LogP contribution < -0.4 is 4.74 Å². The predicted molar refractivity (Wildman–Crippen MR) is 95.1 cm³/mol. The minimum Gasteiger partial charge on any atom is -0.493 e. The molecule has 0 bridgehead atoms. The van der Waals surface area contributed by atoms with E-state index in [1.165, 1.54) is 5.56 Å². The first-order valence-electron chi connectivity index (χ1n) is 8.85. The maximum Gasteiger partial charge on any atom is 0.308 e. The average Bonchev–Trinajstić information content (AvgIpc) is 3.15. The molecule has 26 heavy (non-hydrogen) atoms. The number of carbonyl (C=O) groups excluding carboxylic acids is 1. The number of piperidine rings is 1. The summed E-state index contributed by atoms with van der Waals surface area (Å²) in [4.78, 5) is 29.9. The zero-order valence-electron chi connectivity index (χ0n) is 14.4. The first-order valence-corrected chi connectivity index (χ1v) is 8.85. The van der Waals surface area contributed by atoms with Gasteiger partial charge < -0.3 is 14.7 Å². The Balaban J connectivity index is 1.57. The molecule has 1 saturated heterocycles. The molecule has 1 fully saturated rings. The second kappa shape index (κ2) is 6.78. The van der Waals surface area contributed by atoms with Crippen LogP contribution in [0.25, 0.3) is 11.1 Å². The van der Waals surface area contributed by atoms with Crippen molar-refractivity contribution in [3.63, 3.8) is 0 Å². The van der Waals surface area contributed by atoms with Gasteiger partial charge in [0, 0.05) is 37.5 Å². The number of pyridine rings is 1. The quantitative estimate of drug-likeness (QED) is 0.918. The van der Waals surface area contributed by atoms with Crippen LogP contribution in [0.1, 0.15) is 28.8 Å². The van der Waals surface area contributed by atoms with Gasteiger partial charge in [0.25, 0.3) is 5.91 Å². The van der Waals surface area contributed by atoms with E-state index in [0.717, 1.165) is 23.3 Å². The number of benzene rings is 1. The summed E-state index contributed by atoms with van der Waals surface area (Å²) in [6, 6.07) is 7.83. The van der Waals surface area contributed by atoms with Crippen LogP contribution in [-0.4, -0.2) is 46.6 Å². The normalized spacial score (nSPS) is 18.9. The summed E-state index contributed by atoms with van der Waals surface area (Å²) >= 11 is 0. The van der Waals surface area contributed by atoms with Gasteiger partial charge in [-0.05, 0) is 42.2 Å². The van der Waals surface area contributed by atoms with Gasteiger partial charge in [-0.1, -0.05) is 6.07 Å². The Labute approximate surface area is 151 Å². The molecule has 0 saturated carbocycles. The smallest absolute Gasteiger partial charge is 0.308 e. The summed E-state index contributed by atoms with van der Waals surface area (Å²) in [7, 11) is 0. The van der Waals surface area contributed by atoms with Crippen molar-refractivity contribution in [3.05, 3.63) is 47.8 Å². The standard InChI is InChI=1S/C20H20N2O4/c23-19(22-6-1-2-15(12-22)20(24)25)17-9-16(10-21-11-17)13-3-4-18-14(8-13)5-7-26-18/h3-4,8-11,15H,1-2,5-7,12H2,(H,24,25). The molecule has 2 aromatic rings. The summed E-state index contributed by atoms with van der Waals surface area (Å²) in [5.41, 5.74) is 3.53. The highest BCUT2D eigenvalue weighted by Crippen LogP contribution is 2.30. The highest BCUT2D eigenvalue weighted by atomic mass is 16.5. The minimum absolute atomic E-state index is 0.158. The largest absolute Gasteiger partial charge is 0.493 e. The van der Waals surface area contributed by atoms with Crippen molar-refractivity contribution in [2.75, 3.05) is 19.7 Å². The molecule has 4 rings (SSSR count). The monoisotopic (exact) mass is 352 g/mol. The molecule has 1 aromatic carbocycles. The molecule has 2 aliphatic heterocycles. The number of amides is 1. The molecular weight excluding hydrogens is 332 g/mol. The zero-order valence-corrected chi connectivity index (χ0v) is 14.4. The van der Waals surface area contributed by atoms with Crippen LogP contribution in [0, 0.1) is 5.92 Å². The number of hydrogen-bond donors (Lipinski definition) is 1. The third-order valence-electron chi connectivity index (χ3n) is 5.07. The van der Waals surface area contributed by atoms with Crippen LogP contribution in [0.3, 0.4) is 0 Å². The lowest BCUT2D eigenvalue weighted by molar-refractivity contribution is -0.143. The van der Waals surface area contributed by atoms with Gasteiger partial charge in [0.2, 0.25) is 0 Å². The van der Waals surface area contributed by atoms with E-state index in [4.69, 9.17) is 4.74 Å². The second-order valence-corrected chi connectivity index (χ2v) is 6.81. The molecule has 1 atom stereocenters. The average molecular weight is 352 g/mol. The van der Waals surface area contributed by atoms with Crippen LogP contribution in [0.2, 0.25) is 0 Å². The fourth-order valence-corrected chi connectivity index (χ4v) is 3.63. The first-order chi connectivity index (χ1) is 12.6. The molecule has 1 N–H and O–H groups in total. The van der Waals surface area contributed by atoms with Crippen LogP contribution >= 0.6 is 0 Å². The van der Waals surface area contributed by atoms with E-state index in [1.807, 2.05) is 18.2 Å². The van der Waals surface area contributed by atoms with Gasteiger partial charge in [-0.3, -0.25) is 14.6 Å². The Hall–Kier alpha value is -2.89. The predicted octanol–water partition coefficient (Wildman–Crippen LogP) is 2.62. The van der Waals surface area contributed by atoms with Gasteiger partial charge in [-0.2, -0.15) is 0 Å². The van der Waals surface area contributed by atoms with E-state index in [-0.39, 0.29) is 12.5 Å². The number of rotatable bonds is 3. The maximum absolute atomic E-state index is 12.8. The Bertz CT molecular complexity index is 865. The molecule has 0 radical (unpaired) electrons. The molecule has 6 nitrogen and oxygen atoms in total. The lowest BCUT2D eigenvalue weighted by Gasteiger charge is -2.30. The molecule has 0 aliphatic carbocycles. The van der Waals surface area contributed by atoms with Gasteiger partial charge in [0.1, 0.15) is 5.75 Å². The fourth-order valence-electron chi connectivity index (χ4n) is 3.63. The Morgan fingerprint density at radius 2 is 2.08 bits per heavy atom. The Morgan fingerprint density at radius 3 is 2.92 bits per heavy atom. The number of carbonyl (C=O) groups is 2. The third kappa shape index (κ3) is 3.14. The van der Waals surface area contributed by atoms with Crippen molar-refractivity contribution < 1.29 is 19.4 Å². The highest BCUT2D eigenvalue weighted by Gasteiger charge is 2.28. The topological polar surface area (TPSA) is 79.7 Å². The maximum atomic E-state index is 12.8. The van der Waals surface area contributed by atoms with Gasteiger partial charge in [0.05, 0.1) is 18.1 Å². The molecule has 3 heterocycles. The van der Waals surface area contributed by atoms with Gasteiger partial charge in [-0.15, -0.1) is 0 Å². The van der Waals surface area contributed by atoms with Crippen LogP contribution in [-0.2, 0) is 11.2 Å². The summed E-state index contributed by atoms with van der Waals surface area (Å²) in [6.07, 6.45) is 5.51. The van der Waals surface area contributed by atoms with Gasteiger partial charge >= 0.3 is 5.97 Å². The summed E-state index contributed by atoms with van der Waals surface area (Å²) in [5.74, 6) is -0.563. The molecule has 134 valence electrons. The highest BCUT2D eigenvalue weighted by molar-refractivity contribution is 5.95. The molecule has 1 amide bonds. The van der Waals surface area contributed by atoms with E-state index in [1.54, 1.807) is 17.3 Å². The van der Waals surface area contributed by atoms with Crippen molar-refractivity contribution in [3.8, 4) is 16.9 Å². The van der Waals surface area contributed by atoms with Crippen LogP contribution in [0.5, 0.6) is 5.75 Å². The number of carboxylic acid groups (broad SMARTS) is 1. The van der Waals surface area contributed by atoms with Crippen LogP contribution in [0.15, 0.2) is 36.7 Å². The minimum atomic E-state index is -0.838. The first kappa shape index (κ1) is 16.6. The lowest BCUT2D eigenvalue weighted by atomic mass is 9.97. The van der Waals surface area contributed by atoms with Crippen molar-refractivity contribution >= 4 is 11.9 Å². The van der Waals surface area contributed by atoms with E-state index >= 15 is 0 Å². The summed E-state index contributed by atoms with van der Waals surface area (Å²) in [6.45, 7) is 1.55.